The number of H-pyrrole nitrogens is 1. The fourth-order valence-corrected chi connectivity index (χ4v) is 5.48. The number of morpholine rings is 1. The molecule has 0 radical (unpaired) electrons. The number of Topliss-reactive ketones (excluding diaryl/α,β-unsaturated/α-hetero) is 1. The van der Waals surface area contributed by atoms with Gasteiger partial charge in [-0.25, -0.2) is 14.5 Å². The van der Waals surface area contributed by atoms with Crippen molar-refractivity contribution in [2.24, 2.45) is 11.3 Å². The molecule has 0 unspecified atom stereocenters. The summed E-state index contributed by atoms with van der Waals surface area (Å²) in [4.78, 5) is 28.2. The number of aromatic amines is 1. The van der Waals surface area contributed by atoms with Crippen molar-refractivity contribution in [3.8, 4) is 16.8 Å². The van der Waals surface area contributed by atoms with E-state index in [4.69, 9.17) is 4.74 Å². The van der Waals surface area contributed by atoms with Crippen LogP contribution in [0, 0.1) is 11.3 Å². The Morgan fingerprint density at radius 3 is 2.26 bits per heavy atom. The Bertz CT molecular complexity index is 1250. The molecule has 1 atom stereocenters. The van der Waals surface area contributed by atoms with Crippen molar-refractivity contribution in [1.82, 2.24) is 20.1 Å². The van der Waals surface area contributed by atoms with Gasteiger partial charge in [0.1, 0.15) is 11.6 Å². The smallest absolute Gasteiger partial charge is 0.347 e. The first kappa shape index (κ1) is 22.2. The van der Waals surface area contributed by atoms with E-state index in [1.54, 1.807) is 4.57 Å². The molecular weight excluding hydrogens is 442 g/mol. The Morgan fingerprint density at radius 2 is 1.66 bits per heavy atom. The lowest BCUT2D eigenvalue weighted by atomic mass is 9.77. The highest BCUT2D eigenvalue weighted by atomic mass is 16.5. The van der Waals surface area contributed by atoms with Gasteiger partial charge in [-0.2, -0.15) is 5.10 Å². The van der Waals surface area contributed by atoms with Gasteiger partial charge in [-0.3, -0.25) is 4.79 Å². The number of hydrogen-bond acceptors (Lipinski definition) is 6. The molecule has 2 aliphatic heterocycles. The lowest BCUT2D eigenvalue weighted by Gasteiger charge is -2.28. The second-order valence-electron chi connectivity index (χ2n) is 10.00. The highest BCUT2D eigenvalue weighted by molar-refractivity contribution is 5.89. The monoisotopic (exact) mass is 473 g/mol. The van der Waals surface area contributed by atoms with Gasteiger partial charge in [-0.15, -0.1) is 0 Å². The van der Waals surface area contributed by atoms with Crippen molar-refractivity contribution < 1.29 is 9.53 Å². The van der Waals surface area contributed by atoms with E-state index < -0.39 is 5.41 Å². The number of carbonyl (C=O) groups is 1. The molecule has 35 heavy (non-hydrogen) atoms. The number of aromatic nitrogens is 3. The number of anilines is 1. The largest absolute Gasteiger partial charge is 0.378 e. The number of carbonyl (C=O) groups excluding carboxylic acids is 1. The van der Waals surface area contributed by atoms with Gasteiger partial charge in [0.25, 0.3) is 0 Å². The van der Waals surface area contributed by atoms with E-state index in [2.05, 4.69) is 44.7 Å². The van der Waals surface area contributed by atoms with Crippen LogP contribution in [0.4, 0.5) is 5.69 Å². The van der Waals surface area contributed by atoms with Crippen molar-refractivity contribution in [2.75, 3.05) is 44.3 Å². The third-order valence-electron chi connectivity index (χ3n) is 7.66. The van der Waals surface area contributed by atoms with Gasteiger partial charge in [0, 0.05) is 43.1 Å². The van der Waals surface area contributed by atoms with Gasteiger partial charge in [-0.1, -0.05) is 24.3 Å². The van der Waals surface area contributed by atoms with E-state index in [0.717, 1.165) is 68.9 Å². The zero-order valence-corrected chi connectivity index (χ0v) is 19.8. The van der Waals surface area contributed by atoms with E-state index >= 15 is 0 Å². The van der Waals surface area contributed by atoms with Gasteiger partial charge in [0.15, 0.2) is 0 Å². The fourth-order valence-electron chi connectivity index (χ4n) is 5.48. The van der Waals surface area contributed by atoms with Crippen molar-refractivity contribution in [2.45, 2.75) is 25.7 Å². The van der Waals surface area contributed by atoms with Crippen LogP contribution >= 0.6 is 0 Å². The number of rotatable bonds is 7. The topological polar surface area (TPSA) is 92.2 Å². The second kappa shape index (κ2) is 9.09. The third-order valence-corrected chi connectivity index (χ3v) is 7.66. The molecule has 3 aliphatic rings. The average Bonchev–Trinajstić information content (AvgIpc) is 3.55. The summed E-state index contributed by atoms with van der Waals surface area (Å²) in [5.74, 6) is 1.14. The van der Waals surface area contributed by atoms with Crippen LogP contribution in [0.5, 0.6) is 0 Å². The van der Waals surface area contributed by atoms with Gasteiger partial charge < -0.3 is 15.0 Å². The summed E-state index contributed by atoms with van der Waals surface area (Å²) in [6.45, 7) is 4.85. The zero-order valence-electron chi connectivity index (χ0n) is 19.8. The molecule has 2 saturated heterocycles. The minimum atomic E-state index is -0.466. The van der Waals surface area contributed by atoms with Crippen molar-refractivity contribution >= 4 is 11.5 Å². The molecule has 3 heterocycles. The average molecular weight is 474 g/mol. The van der Waals surface area contributed by atoms with Crippen LogP contribution in [0.15, 0.2) is 53.3 Å². The van der Waals surface area contributed by atoms with Crippen LogP contribution < -0.4 is 15.9 Å². The molecule has 3 aromatic rings. The van der Waals surface area contributed by atoms with Crippen LogP contribution in [-0.4, -0.2) is 59.9 Å². The molecule has 8 nitrogen and oxygen atoms in total. The summed E-state index contributed by atoms with van der Waals surface area (Å²) in [7, 11) is 0. The van der Waals surface area contributed by atoms with Gasteiger partial charge in [0.2, 0.25) is 0 Å². The summed E-state index contributed by atoms with van der Waals surface area (Å²) in [5, 5.41) is 10.3. The van der Waals surface area contributed by atoms with E-state index in [-0.39, 0.29) is 11.6 Å². The van der Waals surface area contributed by atoms with Gasteiger partial charge in [-0.05, 0) is 61.2 Å². The summed E-state index contributed by atoms with van der Waals surface area (Å²) in [6, 6.07) is 16.5. The van der Waals surface area contributed by atoms with Crippen molar-refractivity contribution in [3.05, 3.63) is 64.8 Å². The second-order valence-corrected chi connectivity index (χ2v) is 10.00. The van der Waals surface area contributed by atoms with Crippen LogP contribution in [0.3, 0.4) is 0 Å². The zero-order chi connectivity index (χ0) is 23.8. The maximum atomic E-state index is 13.1. The molecule has 0 amide bonds. The van der Waals surface area contributed by atoms with Crippen LogP contribution in [-0.2, 0) is 16.0 Å². The molecule has 2 aromatic carbocycles. The molecule has 0 spiro atoms. The number of ketones is 1. The maximum Gasteiger partial charge on any atom is 0.347 e. The Balaban J connectivity index is 1.23. The molecule has 1 saturated carbocycles. The normalized spacial score (nSPS) is 22.5. The van der Waals surface area contributed by atoms with E-state index in [1.807, 2.05) is 24.3 Å². The number of nitrogens with one attached hydrogen (secondary N) is 2. The minimum Gasteiger partial charge on any atom is -0.378 e. The Hall–Kier alpha value is -3.23. The summed E-state index contributed by atoms with van der Waals surface area (Å²) in [6.07, 6.45) is 3.24. The third kappa shape index (κ3) is 4.32. The van der Waals surface area contributed by atoms with Crippen LogP contribution in [0.1, 0.15) is 25.1 Å². The number of nitrogens with zero attached hydrogens (tertiary/aromatic N) is 3. The first-order valence-corrected chi connectivity index (χ1v) is 12.6. The van der Waals surface area contributed by atoms with E-state index in [0.29, 0.717) is 24.6 Å². The standard InChI is InChI=1S/C27H31N5O3/c33-25(21-1-2-21)27(11-12-28-18-27)17-24-29-30-26(34)32(24)23-9-5-20(6-10-23)19-3-7-22(8-4-19)31-13-15-35-16-14-31/h3-10,21,28H,1-2,11-18H2,(H,30,34)/t27-/m0/s1. The Morgan fingerprint density at radius 1 is 1.00 bits per heavy atom. The molecule has 1 aromatic heterocycles. The minimum absolute atomic E-state index is 0.183. The number of hydrogen-bond donors (Lipinski definition) is 2. The predicted molar refractivity (Wildman–Crippen MR) is 134 cm³/mol. The molecule has 1 aliphatic carbocycles. The quantitative estimate of drug-likeness (QED) is 0.548. The lowest BCUT2D eigenvalue weighted by molar-refractivity contribution is -0.129. The van der Waals surface area contributed by atoms with Crippen molar-refractivity contribution in [3.63, 3.8) is 0 Å². The predicted octanol–water partition coefficient (Wildman–Crippen LogP) is 2.57. The highest BCUT2D eigenvalue weighted by Crippen LogP contribution is 2.42. The molecule has 6 rings (SSSR count). The number of benzene rings is 2. The van der Waals surface area contributed by atoms with Gasteiger partial charge >= 0.3 is 5.69 Å². The van der Waals surface area contributed by atoms with E-state index in [1.165, 1.54) is 5.69 Å². The Kier molecular flexibility index (Phi) is 5.78. The molecule has 8 heteroatoms. The number of ether oxygens (including phenoxy) is 1. The first-order valence-electron chi connectivity index (χ1n) is 12.6. The summed E-state index contributed by atoms with van der Waals surface area (Å²) in [5.41, 5.74) is 3.43. The van der Waals surface area contributed by atoms with Gasteiger partial charge in [0.05, 0.1) is 18.9 Å². The molecular formula is C27H31N5O3. The summed E-state index contributed by atoms with van der Waals surface area (Å²) >= 11 is 0. The van der Waals surface area contributed by atoms with E-state index in [9.17, 15) is 9.59 Å². The first-order chi connectivity index (χ1) is 17.1. The summed E-state index contributed by atoms with van der Waals surface area (Å²) < 4.78 is 7.06. The van der Waals surface area contributed by atoms with Crippen molar-refractivity contribution in [1.29, 1.82) is 0 Å². The fraction of sp³-hybridized carbons (Fsp3) is 0.444. The molecule has 182 valence electrons. The Labute approximate surface area is 204 Å². The molecule has 2 N–H and O–H groups in total. The molecule has 3 fully saturated rings. The maximum absolute atomic E-state index is 13.1. The lowest BCUT2D eigenvalue weighted by Crippen LogP contribution is -2.38. The highest BCUT2D eigenvalue weighted by Gasteiger charge is 2.48. The van der Waals surface area contributed by atoms with Crippen LogP contribution in [0.25, 0.3) is 16.8 Å². The SMILES string of the molecule is O=C(C1CC1)[C@]1(Cc2n[nH]c(=O)n2-c2ccc(-c3ccc(N4CCOCC4)cc3)cc2)CCNC1. The molecule has 0 bridgehead atoms. The van der Waals surface area contributed by atoms with Crippen LogP contribution in [0.2, 0.25) is 0 Å².